The van der Waals surface area contributed by atoms with E-state index in [4.69, 9.17) is 10.5 Å². The Morgan fingerprint density at radius 2 is 2.24 bits per heavy atom. The van der Waals surface area contributed by atoms with Crippen LogP contribution in [0.5, 0.6) is 0 Å². The number of aliphatic hydroxyl groups is 1. The fraction of sp³-hybridized carbons (Fsp3) is 0.462. The molecule has 0 heterocycles. The van der Waals surface area contributed by atoms with Crippen molar-refractivity contribution in [2.24, 2.45) is 11.8 Å². The topological polar surface area (TPSA) is 78.2 Å². The van der Waals surface area contributed by atoms with Crippen LogP contribution in [0.2, 0.25) is 0 Å². The van der Waals surface area contributed by atoms with Crippen molar-refractivity contribution in [2.75, 3.05) is 0 Å². The van der Waals surface area contributed by atoms with Crippen LogP contribution in [0.1, 0.15) is 19.8 Å². The van der Waals surface area contributed by atoms with Crippen LogP contribution in [-0.4, -0.2) is 29.0 Å². The molecule has 4 heteroatoms. The van der Waals surface area contributed by atoms with Crippen molar-refractivity contribution >= 4 is 17.8 Å². The van der Waals surface area contributed by atoms with Gasteiger partial charge in [-0.1, -0.05) is 6.08 Å². The average molecular weight is 235 g/mol. The number of hydrogen-bond acceptors (Lipinski definition) is 4. The fourth-order valence-corrected chi connectivity index (χ4v) is 1.68. The Labute approximate surface area is 101 Å². The summed E-state index contributed by atoms with van der Waals surface area (Å²) in [5.74, 6) is -0.830. The van der Waals surface area contributed by atoms with E-state index in [0.29, 0.717) is 12.0 Å². The third-order valence-corrected chi connectivity index (χ3v) is 2.95. The second-order valence-electron chi connectivity index (χ2n) is 4.30. The maximum Gasteiger partial charge on any atom is 0.162 e. The second-order valence-corrected chi connectivity index (χ2v) is 4.30. The van der Waals surface area contributed by atoms with Crippen LogP contribution in [-0.2, 0) is 9.59 Å². The quantitative estimate of drug-likeness (QED) is 0.491. The van der Waals surface area contributed by atoms with Gasteiger partial charge in [0.05, 0.1) is 0 Å². The molecular weight excluding hydrogens is 218 g/mol. The van der Waals surface area contributed by atoms with E-state index in [0.717, 1.165) is 0 Å². The number of hydrogen-bond donors (Lipinski definition) is 2. The van der Waals surface area contributed by atoms with Crippen molar-refractivity contribution in [1.29, 1.82) is 5.41 Å². The van der Waals surface area contributed by atoms with Gasteiger partial charge in [-0.15, -0.1) is 6.58 Å². The molecule has 0 saturated carbocycles. The molecule has 3 atom stereocenters. The molecule has 92 valence electrons. The Morgan fingerprint density at radius 3 is 2.59 bits per heavy atom. The fourth-order valence-electron chi connectivity index (χ4n) is 1.68. The molecule has 17 heavy (non-hydrogen) atoms. The van der Waals surface area contributed by atoms with E-state index in [-0.39, 0.29) is 23.9 Å². The number of carbonyl (C=O) groups is 2. The van der Waals surface area contributed by atoms with Gasteiger partial charge in [0.25, 0.3) is 0 Å². The van der Waals surface area contributed by atoms with Gasteiger partial charge in [0.1, 0.15) is 11.9 Å². The lowest BCUT2D eigenvalue weighted by atomic mass is 9.88. The summed E-state index contributed by atoms with van der Waals surface area (Å²) in [7, 11) is 0. The zero-order chi connectivity index (χ0) is 13.0. The Bertz CT molecular complexity index is 376. The van der Waals surface area contributed by atoms with Gasteiger partial charge in [-0.3, -0.25) is 9.59 Å². The Hall–Kier alpha value is -1.55. The highest BCUT2D eigenvalue weighted by Crippen LogP contribution is 2.26. The van der Waals surface area contributed by atoms with E-state index in [9.17, 15) is 9.59 Å². The molecule has 0 saturated heterocycles. The van der Waals surface area contributed by atoms with Crippen LogP contribution < -0.4 is 0 Å². The van der Waals surface area contributed by atoms with Gasteiger partial charge in [-0.05, 0) is 19.4 Å². The SMILES string of the molecule is C=CC(C=N)CC(CC(=O)C1=CC1O)C(C)=O. The van der Waals surface area contributed by atoms with Crippen molar-refractivity contribution in [2.45, 2.75) is 25.9 Å². The van der Waals surface area contributed by atoms with Gasteiger partial charge in [-0.2, -0.15) is 0 Å². The van der Waals surface area contributed by atoms with Gasteiger partial charge in [-0.25, -0.2) is 0 Å². The molecule has 1 aliphatic carbocycles. The first kappa shape index (κ1) is 13.5. The number of Topliss-reactive ketones (excluding diaryl/α,β-unsaturated/α-hetero) is 2. The van der Waals surface area contributed by atoms with Gasteiger partial charge in [0.15, 0.2) is 5.78 Å². The number of carbonyl (C=O) groups excluding carboxylic acids is 2. The van der Waals surface area contributed by atoms with E-state index in [1.54, 1.807) is 6.08 Å². The highest BCUT2D eigenvalue weighted by atomic mass is 16.3. The Balaban J connectivity index is 2.57. The number of nitrogens with one attached hydrogen (secondary N) is 1. The van der Waals surface area contributed by atoms with Crippen LogP contribution in [0.3, 0.4) is 0 Å². The molecule has 0 spiro atoms. The first-order chi connectivity index (χ1) is 7.99. The van der Waals surface area contributed by atoms with Crippen LogP contribution in [0, 0.1) is 17.2 Å². The Kier molecular flexibility index (Phi) is 4.52. The minimum atomic E-state index is -0.715. The third kappa shape index (κ3) is 3.75. The summed E-state index contributed by atoms with van der Waals surface area (Å²) in [6.07, 6.45) is 4.11. The molecule has 3 unspecified atom stereocenters. The minimum absolute atomic E-state index is 0.0669. The zero-order valence-electron chi connectivity index (χ0n) is 9.85. The van der Waals surface area contributed by atoms with E-state index in [1.165, 1.54) is 19.2 Å². The normalized spacial score (nSPS) is 21.1. The lowest BCUT2D eigenvalue weighted by Gasteiger charge is -2.15. The second kappa shape index (κ2) is 5.68. The minimum Gasteiger partial charge on any atom is -0.384 e. The standard InChI is InChI=1S/C13H17NO3/c1-3-9(7-14)4-10(8(2)15)5-12(16)11-6-13(11)17/h3,6-7,9-10,13-14,17H,1,4-5H2,2H3. The summed E-state index contributed by atoms with van der Waals surface area (Å²) in [5.41, 5.74) is 0.404. The molecule has 4 nitrogen and oxygen atoms in total. The largest absolute Gasteiger partial charge is 0.384 e. The highest BCUT2D eigenvalue weighted by molar-refractivity contribution is 6.02. The third-order valence-electron chi connectivity index (χ3n) is 2.95. The summed E-state index contributed by atoms with van der Waals surface area (Å²) in [4.78, 5) is 23.1. The first-order valence-corrected chi connectivity index (χ1v) is 5.56. The van der Waals surface area contributed by atoms with E-state index in [1.807, 2.05) is 0 Å². The maximum absolute atomic E-state index is 11.6. The predicted molar refractivity (Wildman–Crippen MR) is 65.0 cm³/mol. The van der Waals surface area contributed by atoms with E-state index in [2.05, 4.69) is 6.58 Å². The van der Waals surface area contributed by atoms with Crippen molar-refractivity contribution in [1.82, 2.24) is 0 Å². The zero-order valence-corrected chi connectivity index (χ0v) is 9.85. The monoisotopic (exact) mass is 235 g/mol. The lowest BCUT2D eigenvalue weighted by molar-refractivity contribution is -0.125. The van der Waals surface area contributed by atoms with Gasteiger partial charge in [0, 0.05) is 30.0 Å². The molecule has 0 aromatic heterocycles. The van der Waals surface area contributed by atoms with Gasteiger partial charge in [0.2, 0.25) is 0 Å². The molecule has 0 fully saturated rings. The molecule has 0 aromatic rings. The van der Waals surface area contributed by atoms with Gasteiger partial charge >= 0.3 is 0 Å². The number of allylic oxidation sites excluding steroid dienone is 1. The molecule has 1 rings (SSSR count). The van der Waals surface area contributed by atoms with Crippen LogP contribution in [0.25, 0.3) is 0 Å². The summed E-state index contributed by atoms with van der Waals surface area (Å²) in [6.45, 7) is 5.03. The molecule has 0 amide bonds. The van der Waals surface area contributed by atoms with E-state index >= 15 is 0 Å². The van der Waals surface area contributed by atoms with Crippen LogP contribution in [0.15, 0.2) is 24.3 Å². The summed E-state index contributed by atoms with van der Waals surface area (Å²) in [6, 6.07) is 0. The van der Waals surface area contributed by atoms with Crippen molar-refractivity contribution < 1.29 is 14.7 Å². The molecule has 0 bridgehead atoms. The summed E-state index contributed by atoms with van der Waals surface area (Å²) < 4.78 is 0. The number of rotatable bonds is 8. The predicted octanol–water partition coefficient (Wildman–Crippen LogP) is 1.29. The number of aliphatic hydroxyl groups excluding tert-OH is 1. The smallest absolute Gasteiger partial charge is 0.162 e. The number of ketones is 2. The average Bonchev–Trinajstić information content (AvgIpc) is 3.01. The van der Waals surface area contributed by atoms with Crippen molar-refractivity contribution in [3.8, 4) is 0 Å². The lowest BCUT2D eigenvalue weighted by Crippen LogP contribution is -2.19. The molecular formula is C13H17NO3. The van der Waals surface area contributed by atoms with Crippen molar-refractivity contribution in [3.05, 3.63) is 24.3 Å². The molecule has 2 N–H and O–H groups in total. The molecule has 0 aromatic carbocycles. The van der Waals surface area contributed by atoms with E-state index < -0.39 is 12.0 Å². The van der Waals surface area contributed by atoms with Crippen LogP contribution >= 0.6 is 0 Å². The summed E-state index contributed by atoms with van der Waals surface area (Å²) >= 11 is 0. The Morgan fingerprint density at radius 1 is 1.65 bits per heavy atom. The maximum atomic E-state index is 11.6. The van der Waals surface area contributed by atoms with Crippen molar-refractivity contribution in [3.63, 3.8) is 0 Å². The first-order valence-electron chi connectivity index (χ1n) is 5.56. The van der Waals surface area contributed by atoms with Crippen LogP contribution in [0.4, 0.5) is 0 Å². The molecule has 1 aliphatic rings. The van der Waals surface area contributed by atoms with Gasteiger partial charge < -0.3 is 10.5 Å². The molecule has 0 aliphatic heterocycles. The summed E-state index contributed by atoms with van der Waals surface area (Å²) in [5, 5.41) is 16.2. The highest BCUT2D eigenvalue weighted by Gasteiger charge is 2.31. The molecule has 0 radical (unpaired) electrons.